The molecule has 0 aliphatic rings. The van der Waals surface area contributed by atoms with Crippen LogP contribution in [0.2, 0.25) is 0 Å². The topological polar surface area (TPSA) is 52.6 Å². The van der Waals surface area contributed by atoms with Crippen molar-refractivity contribution >= 4 is 11.9 Å². The second kappa shape index (κ2) is 8.45. The molecular weight excluding hydrogens is 850 g/mol. The number of aryl methyl sites for hydroxylation is 1. The van der Waals surface area contributed by atoms with E-state index in [1.165, 1.54) is 0 Å². The summed E-state index contributed by atoms with van der Waals surface area (Å²) in [5, 5.41) is 0. The van der Waals surface area contributed by atoms with E-state index < -0.39 is 11.9 Å². The van der Waals surface area contributed by atoms with Gasteiger partial charge in [-0.25, -0.2) is 9.59 Å². The molecular formula is C21H14O4Rf2-2. The van der Waals surface area contributed by atoms with E-state index in [4.69, 9.17) is 9.47 Å². The molecule has 0 unspecified atom stereocenters. The number of hydrogen-bond donors (Lipinski definition) is 0. The summed E-state index contributed by atoms with van der Waals surface area (Å²) in [5.74, 6) is -0.127. The van der Waals surface area contributed by atoms with Crippen LogP contribution in [0.3, 0.4) is 0 Å². The molecule has 3 aromatic carbocycles. The van der Waals surface area contributed by atoms with Crippen molar-refractivity contribution in [1.82, 2.24) is 0 Å². The van der Waals surface area contributed by atoms with Crippen molar-refractivity contribution in [3.63, 3.8) is 0 Å². The number of carbonyl (C=O) groups excluding carboxylic acids is 2. The minimum absolute atomic E-state index is 0. The van der Waals surface area contributed by atoms with E-state index in [9.17, 15) is 9.59 Å². The molecule has 0 heterocycles. The third-order valence-electron chi connectivity index (χ3n) is 3.47. The minimum atomic E-state index is -0.460. The van der Waals surface area contributed by atoms with Gasteiger partial charge in [-0.1, -0.05) is 0 Å². The summed E-state index contributed by atoms with van der Waals surface area (Å²) in [6, 6.07) is 23.6. The predicted octanol–water partition coefficient (Wildman–Crippen LogP) is 4.03. The van der Waals surface area contributed by atoms with Crippen molar-refractivity contribution < 1.29 is 19.1 Å². The molecule has 3 aromatic rings. The van der Waals surface area contributed by atoms with Crippen molar-refractivity contribution in [1.29, 1.82) is 0 Å². The molecule has 27 heavy (non-hydrogen) atoms. The van der Waals surface area contributed by atoms with Crippen LogP contribution in [0.15, 0.2) is 66.7 Å². The van der Waals surface area contributed by atoms with Gasteiger partial charge in [-0.2, -0.15) is 60.7 Å². The first-order valence-corrected chi connectivity index (χ1v) is 7.61. The average molecular weight is 864 g/mol. The van der Waals surface area contributed by atoms with Gasteiger partial charge in [-0.05, 0) is 41.8 Å². The van der Waals surface area contributed by atoms with Gasteiger partial charge in [-0.15, -0.1) is 0 Å². The first-order valence-electron chi connectivity index (χ1n) is 7.61. The Labute approximate surface area is 145 Å². The van der Waals surface area contributed by atoms with E-state index in [2.05, 4.69) is 12.1 Å². The van der Waals surface area contributed by atoms with Crippen LogP contribution >= 0.6 is 0 Å². The quantitative estimate of drug-likeness (QED) is 0.226. The molecule has 0 saturated heterocycles. The van der Waals surface area contributed by atoms with Gasteiger partial charge < -0.3 is 9.47 Å². The largest absolute Gasteiger partial charge is 0.424 e. The van der Waals surface area contributed by atoms with Gasteiger partial charge in [0, 0.05) is 0 Å². The molecule has 6 heteroatoms. The molecule has 3 rings (SSSR count). The maximum Gasteiger partial charge on any atom is 0.318 e. The molecule has 0 spiro atoms. The van der Waals surface area contributed by atoms with Crippen molar-refractivity contribution in [3.8, 4) is 11.5 Å². The Morgan fingerprint density at radius 3 is 1.70 bits per heavy atom. The molecule has 0 aliphatic carbocycles. The molecule has 0 fully saturated rings. The summed E-state index contributed by atoms with van der Waals surface area (Å²) in [4.78, 5) is 24.1. The zero-order valence-electron chi connectivity index (χ0n) is 14.9. The smallest absolute Gasteiger partial charge is 0.318 e. The number of esters is 2. The molecule has 0 amide bonds. The molecule has 4 nitrogen and oxygen atoms in total. The van der Waals surface area contributed by atoms with Gasteiger partial charge in [-0.3, -0.25) is 0 Å². The van der Waals surface area contributed by atoms with Crippen molar-refractivity contribution in [3.05, 3.63) is 95.6 Å². The van der Waals surface area contributed by atoms with Crippen LogP contribution in [0.1, 0.15) is 26.3 Å². The number of hydrogen-bond acceptors (Lipinski definition) is 4. The summed E-state index contributed by atoms with van der Waals surface area (Å²) in [6.07, 6.45) is 0. The van der Waals surface area contributed by atoms with Crippen LogP contribution in [-0.4, -0.2) is 11.9 Å². The van der Waals surface area contributed by atoms with Crippen LogP contribution < -0.4 is 9.47 Å². The Bertz CT molecular complexity index is 897. The predicted molar refractivity (Wildman–Crippen MR) is 91.7 cm³/mol. The maximum atomic E-state index is 12.1. The SMILES string of the molecule is Cc1cc(OC(=O)c2cc[c-]cc2)ccc1OC(=O)c1cc[c-]cc1.[Rf].[Rf]. The molecule has 0 bridgehead atoms. The summed E-state index contributed by atoms with van der Waals surface area (Å²) in [6.45, 7) is 1.77. The Balaban J connectivity index is 0.00000182. The first kappa shape index (κ1) is 19.6. The Hall–Kier alpha value is -5.40. The standard InChI is InChI=1S/C21H14O4.2Rf/c1-15-14-18(24-20(22)16-8-4-2-5-9-16)12-13-19(15)25-21(23)17-10-6-3-7-11-17;;/h4-14H,1H3;;/q-2;;. The van der Waals surface area contributed by atoms with Crippen molar-refractivity contribution in [2.24, 2.45) is 0 Å². The monoisotopic (exact) mass is 864 g/mol. The van der Waals surface area contributed by atoms with Gasteiger partial charge in [0.2, 0.25) is 0 Å². The van der Waals surface area contributed by atoms with E-state index >= 15 is 0 Å². The Morgan fingerprint density at radius 1 is 0.741 bits per heavy atom. The van der Waals surface area contributed by atoms with E-state index in [0.717, 1.165) is 0 Å². The molecule has 0 radical (unpaired) electrons. The van der Waals surface area contributed by atoms with Gasteiger partial charge in [0.1, 0.15) is 11.5 Å². The summed E-state index contributed by atoms with van der Waals surface area (Å²) >= 11 is 0. The van der Waals surface area contributed by atoms with E-state index in [-0.39, 0.29) is 0 Å². The first-order chi connectivity index (χ1) is 12.1. The Morgan fingerprint density at radius 2 is 1.22 bits per heavy atom. The second-order valence-electron chi connectivity index (χ2n) is 5.28. The fourth-order valence-electron chi connectivity index (χ4n) is 2.17. The fourth-order valence-corrected chi connectivity index (χ4v) is 2.17. The van der Waals surface area contributed by atoms with E-state index in [1.54, 1.807) is 73.7 Å². The van der Waals surface area contributed by atoms with Crippen molar-refractivity contribution in [2.75, 3.05) is 0 Å². The van der Waals surface area contributed by atoms with E-state index in [0.29, 0.717) is 28.2 Å². The van der Waals surface area contributed by atoms with Crippen LogP contribution in [0.5, 0.6) is 11.5 Å². The van der Waals surface area contributed by atoms with Gasteiger partial charge in [0.25, 0.3) is 0 Å². The third kappa shape index (κ3) is 4.54. The maximum absolute atomic E-state index is 12.1. The third-order valence-corrected chi connectivity index (χ3v) is 3.47. The van der Waals surface area contributed by atoms with Crippen LogP contribution in [0.4, 0.5) is 0 Å². The number of benzene rings is 3. The van der Waals surface area contributed by atoms with Crippen LogP contribution in [0.25, 0.3) is 0 Å². The molecule has 0 atom stereocenters. The number of ether oxygens (including phenoxy) is 2. The number of rotatable bonds is 4. The van der Waals surface area contributed by atoms with Crippen LogP contribution in [0, 0.1) is 19.1 Å². The average Bonchev–Trinajstić information content (AvgIpc) is 2.65. The summed E-state index contributed by atoms with van der Waals surface area (Å²) in [5.41, 5.74) is 1.56. The van der Waals surface area contributed by atoms with Gasteiger partial charge in [0.15, 0.2) is 0 Å². The van der Waals surface area contributed by atoms with Gasteiger partial charge >= 0.3 is 11.9 Å². The van der Waals surface area contributed by atoms with Gasteiger partial charge in [0.05, 0.1) is 0 Å². The van der Waals surface area contributed by atoms with Crippen molar-refractivity contribution in [2.45, 2.75) is 6.92 Å². The molecule has 0 saturated carbocycles. The van der Waals surface area contributed by atoms with E-state index in [1.807, 2.05) is 0 Å². The Kier molecular flexibility index (Phi) is 6.15. The van der Waals surface area contributed by atoms with Crippen LogP contribution in [-0.2, 0) is 0 Å². The normalized spacial score (nSPS) is 9.37. The molecule has 0 aromatic heterocycles. The minimum Gasteiger partial charge on any atom is -0.424 e. The molecule has 0 aliphatic heterocycles. The second-order valence-corrected chi connectivity index (χ2v) is 5.28. The fraction of sp³-hybridized carbons (Fsp3) is 0.0476. The zero-order valence-corrected chi connectivity index (χ0v) is 27.7. The number of carbonyl (C=O) groups is 2. The summed E-state index contributed by atoms with van der Waals surface area (Å²) < 4.78 is 10.7. The summed E-state index contributed by atoms with van der Waals surface area (Å²) in [7, 11) is 0. The molecule has 128 valence electrons. The zero-order chi connectivity index (χ0) is 17.6. The molecule has 0 N–H and O–H groups in total.